The van der Waals surface area contributed by atoms with Crippen LogP contribution in [0, 0.1) is 13.8 Å². The Labute approximate surface area is 176 Å². The van der Waals surface area contributed by atoms with E-state index in [4.69, 9.17) is 33.4 Å². The zero-order chi connectivity index (χ0) is 31.2. The molecule has 0 aromatic heterocycles. The van der Waals surface area contributed by atoms with Crippen LogP contribution in [0.1, 0.15) is 55.0 Å². The van der Waals surface area contributed by atoms with Crippen molar-refractivity contribution in [2.24, 2.45) is 0 Å². The third-order valence-corrected chi connectivity index (χ3v) is 3.40. The summed E-state index contributed by atoms with van der Waals surface area (Å²) >= 11 is 0. The predicted molar refractivity (Wildman–Crippen MR) is 105 cm³/mol. The van der Waals surface area contributed by atoms with Gasteiger partial charge < -0.3 is 19.3 Å². The maximum atomic E-state index is 10.6. The Balaban J connectivity index is 2.38. The van der Waals surface area contributed by atoms with Crippen molar-refractivity contribution in [1.82, 2.24) is 0 Å². The van der Waals surface area contributed by atoms with Crippen LogP contribution in [0.5, 0.6) is 17.2 Å². The van der Waals surface area contributed by atoms with Gasteiger partial charge in [0.25, 0.3) is 0 Å². The minimum Gasteiger partial charge on any atom is -0.493 e. The monoisotopic (exact) mass is 372 g/mol. The first-order valence-electron chi connectivity index (χ1n) is 14.8. The molecule has 0 aliphatic carbocycles. The quantitative estimate of drug-likeness (QED) is 0.668. The summed E-state index contributed by atoms with van der Waals surface area (Å²) in [5.41, 5.74) is 0.194. The van der Waals surface area contributed by atoms with E-state index in [2.05, 4.69) is 0 Å². The van der Waals surface area contributed by atoms with E-state index in [1.807, 2.05) is 0 Å². The molecule has 0 bridgehead atoms. The van der Waals surface area contributed by atoms with Gasteiger partial charge in [-0.3, -0.25) is 0 Å². The topological polar surface area (TPSA) is 47.9 Å². The minimum absolute atomic E-state index is 0.246. The van der Waals surface area contributed by atoms with Gasteiger partial charge in [-0.05, 0) is 73.9 Å². The molecule has 0 amide bonds. The molecule has 0 aliphatic rings. The smallest absolute Gasteiger partial charge is 0.160 e. The minimum atomic E-state index is -3.12. The first-order valence-corrected chi connectivity index (χ1v) is 7.75. The molecule has 2 aromatic rings. The molecule has 0 radical (unpaired) electrons. The van der Waals surface area contributed by atoms with Crippen LogP contribution in [-0.4, -0.2) is 31.9 Å². The lowest BCUT2D eigenvalue weighted by Crippen LogP contribution is -2.17. The molecule has 2 rings (SSSR count). The summed E-state index contributed by atoms with van der Waals surface area (Å²) in [5.74, 6) is -1.69. The van der Waals surface area contributed by atoms with Crippen LogP contribution < -0.4 is 14.2 Å². The maximum absolute atomic E-state index is 10.6. The summed E-state index contributed by atoms with van der Waals surface area (Å²) < 4.78 is 127. The number of methoxy groups -OCH3 is 2. The van der Waals surface area contributed by atoms with Crippen molar-refractivity contribution in [3.63, 3.8) is 0 Å². The summed E-state index contributed by atoms with van der Waals surface area (Å²) in [5, 5.41) is 10.6. The summed E-state index contributed by atoms with van der Waals surface area (Å²) in [7, 11) is -2.00. The zero-order valence-electron chi connectivity index (χ0n) is 28.8. The van der Waals surface area contributed by atoms with E-state index >= 15 is 0 Å². The summed E-state index contributed by atoms with van der Waals surface area (Å²) in [6.07, 6.45) is -10.9. The van der Waals surface area contributed by atoms with Gasteiger partial charge in [0.2, 0.25) is 0 Å². The van der Waals surface area contributed by atoms with Gasteiger partial charge in [-0.2, -0.15) is 0 Å². The Bertz CT molecular complexity index is 1240. The lowest BCUT2D eigenvalue weighted by Gasteiger charge is -2.13. The van der Waals surface area contributed by atoms with Crippen molar-refractivity contribution in [1.29, 1.82) is 0 Å². The first kappa shape index (κ1) is 8.22. The number of hydrogen-bond donors (Lipinski definition) is 1. The van der Waals surface area contributed by atoms with Crippen molar-refractivity contribution >= 4 is 0 Å². The van der Waals surface area contributed by atoms with Crippen LogP contribution in [0.15, 0.2) is 36.3 Å². The molecule has 1 atom stereocenters. The number of ether oxygens (including phenoxy) is 3. The van der Waals surface area contributed by atoms with Gasteiger partial charge in [0, 0.05) is 5.48 Å². The van der Waals surface area contributed by atoms with E-state index in [0.717, 1.165) is 7.11 Å². The van der Waals surface area contributed by atoms with Crippen molar-refractivity contribution in [3.8, 4) is 17.2 Å². The maximum Gasteiger partial charge on any atom is 0.160 e. The molecule has 4 nitrogen and oxygen atoms in total. The molecule has 26 heavy (non-hydrogen) atoms. The van der Waals surface area contributed by atoms with E-state index in [1.165, 1.54) is 13.8 Å². The number of aliphatic hydroxyl groups is 1. The molecule has 1 unspecified atom stereocenters. The second-order valence-electron chi connectivity index (χ2n) is 5.29. The number of rotatable bonds is 10. The Morgan fingerprint density at radius 1 is 1.15 bits per heavy atom. The highest BCUT2D eigenvalue weighted by Gasteiger charge is 2.07. The van der Waals surface area contributed by atoms with Crippen molar-refractivity contribution in [2.75, 3.05) is 20.8 Å². The van der Waals surface area contributed by atoms with Crippen molar-refractivity contribution in [2.45, 2.75) is 45.5 Å². The fourth-order valence-electron chi connectivity index (χ4n) is 1.87. The molecule has 1 N–H and O–H groups in total. The van der Waals surface area contributed by atoms with Gasteiger partial charge in [0.1, 0.15) is 12.4 Å². The van der Waals surface area contributed by atoms with E-state index in [0.29, 0.717) is 11.1 Å². The third-order valence-electron chi connectivity index (χ3n) is 3.40. The zero-order valence-corrected chi connectivity index (χ0v) is 14.8. The average molecular weight is 373 g/mol. The van der Waals surface area contributed by atoms with Crippen molar-refractivity contribution in [3.05, 3.63) is 52.9 Å². The number of hydrogen-bond acceptors (Lipinski definition) is 4. The van der Waals surface area contributed by atoms with Crippen LogP contribution in [0.25, 0.3) is 0 Å². The van der Waals surface area contributed by atoms with Crippen LogP contribution in [-0.2, 0) is 6.42 Å². The van der Waals surface area contributed by atoms with E-state index in [9.17, 15) is 5.11 Å². The highest BCUT2D eigenvalue weighted by molar-refractivity contribution is 5.42. The average Bonchev–Trinajstić information content (AvgIpc) is 2.81. The Hall–Kier alpha value is -2.20. The van der Waals surface area contributed by atoms with Crippen LogP contribution in [0.3, 0.4) is 0 Å². The normalized spacial score (nSPS) is 22.5. The second kappa shape index (κ2) is 10.1. The highest BCUT2D eigenvalue weighted by Crippen LogP contribution is 2.28. The molecular formula is C22H30O4. The van der Waals surface area contributed by atoms with Crippen LogP contribution >= 0.6 is 0 Å². The molecule has 0 saturated heterocycles. The Morgan fingerprint density at radius 2 is 2.00 bits per heavy atom. The van der Waals surface area contributed by atoms with Gasteiger partial charge in [-0.25, -0.2) is 0 Å². The molecule has 2 aromatic carbocycles. The predicted octanol–water partition coefficient (Wildman–Crippen LogP) is 4.47. The van der Waals surface area contributed by atoms with Gasteiger partial charge in [0.05, 0.1) is 33.9 Å². The van der Waals surface area contributed by atoms with Crippen molar-refractivity contribution < 1.29 is 38.5 Å². The number of benzene rings is 2. The van der Waals surface area contributed by atoms with Gasteiger partial charge in [0.15, 0.2) is 11.5 Å². The molecule has 4 heteroatoms. The fourth-order valence-corrected chi connectivity index (χ4v) is 1.87. The molecule has 142 valence electrons. The SMILES string of the molecule is [2H]c1c([2H])c(OCC([2H])(O)C([2H])([2H])CC([2H])([2H])Cc2c([2H])c([2H])c(OC)c(OC([2H])([2H])[2H])c2[2H])c([2H])c(C)c1C. The molecular weight excluding hydrogens is 328 g/mol. The third kappa shape index (κ3) is 5.95. The standard InChI is InChI=1S/C22H30O4/c1-16-9-11-20(13-17(16)2)26-15-19(23)8-6-5-7-18-10-12-21(24-3)22(14-18)25-4/h9-14,19,23H,5-8,15H2,1-4H3/i4D3,5D2,8D2,9D,10D,11D,12D,13D,14D,19D. The van der Waals surface area contributed by atoms with Crippen LogP contribution in [0.4, 0.5) is 0 Å². The summed E-state index contributed by atoms with van der Waals surface area (Å²) in [6.45, 7) is 1.92. The van der Waals surface area contributed by atoms with E-state index < -0.39 is 92.3 Å². The largest absolute Gasteiger partial charge is 0.493 e. The Kier molecular flexibility index (Phi) is 3.18. The van der Waals surface area contributed by atoms with E-state index in [-0.39, 0.29) is 12.1 Å². The van der Waals surface area contributed by atoms with E-state index in [1.54, 1.807) is 0 Å². The molecule has 0 heterocycles. The van der Waals surface area contributed by atoms with Crippen LogP contribution in [0.2, 0.25) is 0 Å². The lowest BCUT2D eigenvalue weighted by molar-refractivity contribution is 0.0976. The second-order valence-corrected chi connectivity index (χ2v) is 5.29. The van der Waals surface area contributed by atoms with Gasteiger partial charge in [-0.15, -0.1) is 0 Å². The highest BCUT2D eigenvalue weighted by atomic mass is 16.5. The molecule has 0 saturated carbocycles. The van der Waals surface area contributed by atoms with Gasteiger partial charge >= 0.3 is 0 Å². The first-order chi connectivity index (χ1) is 18.0. The van der Waals surface area contributed by atoms with Gasteiger partial charge in [-0.1, -0.05) is 18.5 Å². The summed E-state index contributed by atoms with van der Waals surface area (Å²) in [6, 6.07) is -3.14. The lowest BCUT2D eigenvalue weighted by atomic mass is 10.0. The Morgan fingerprint density at radius 3 is 2.77 bits per heavy atom. The summed E-state index contributed by atoms with van der Waals surface area (Å²) in [4.78, 5) is 0. The molecule has 0 fully saturated rings. The molecule has 0 aliphatic heterocycles. The fraction of sp³-hybridized carbons (Fsp3) is 0.455. The molecule has 0 spiro atoms.